The number of nitrogens with zero attached hydrogens (tertiary/aromatic N) is 2. The number of aliphatic hydroxyl groups is 1. The van der Waals surface area contributed by atoms with Crippen LogP contribution >= 0.6 is 11.8 Å². The van der Waals surface area contributed by atoms with Crippen LogP contribution in [-0.4, -0.2) is 64.3 Å². The van der Waals surface area contributed by atoms with E-state index in [0.29, 0.717) is 41.4 Å². The van der Waals surface area contributed by atoms with Crippen molar-refractivity contribution in [1.29, 1.82) is 0 Å². The number of aliphatic hydroxyl groups excluding tert-OH is 1. The average molecular weight is 487 g/mol. The van der Waals surface area contributed by atoms with Crippen molar-refractivity contribution in [3.05, 3.63) is 34.9 Å². The molecule has 1 aromatic heterocycles. The first-order valence-electron chi connectivity index (χ1n) is 11.1. The standard InChI is InChI=1S/C23H30N6O4S/c1-13-10-14(2)16-11-15(13)18-12-20(29-23(24)28-18)34-9-5-19(31)27-17(22(33)26-7-8-30)4-3-6-25-21(16)32/h10-12,17,30H,3-9H2,1-2H3,(H,25,32)(H,26,33)(H,27,31)(H2,24,28,29)/t17-/m0/s1. The molecule has 6 N–H and O–H groups in total. The third-order valence-corrected chi connectivity index (χ3v) is 6.32. The molecule has 0 fully saturated rings. The Morgan fingerprint density at radius 2 is 1.97 bits per heavy atom. The number of hydrogen-bond donors (Lipinski definition) is 5. The minimum atomic E-state index is -0.759. The van der Waals surface area contributed by atoms with Crippen molar-refractivity contribution >= 4 is 35.4 Å². The number of anilines is 1. The molecule has 2 aromatic rings. The molecule has 3 amide bonds. The van der Waals surface area contributed by atoms with Gasteiger partial charge in [0.2, 0.25) is 17.8 Å². The van der Waals surface area contributed by atoms with Gasteiger partial charge in [-0.3, -0.25) is 14.4 Å². The lowest BCUT2D eigenvalue weighted by Gasteiger charge is -2.18. The number of benzene rings is 1. The minimum Gasteiger partial charge on any atom is -0.395 e. The highest BCUT2D eigenvalue weighted by atomic mass is 32.2. The molecule has 4 bridgehead atoms. The van der Waals surface area contributed by atoms with Crippen LogP contribution in [0.3, 0.4) is 0 Å². The van der Waals surface area contributed by atoms with Crippen molar-refractivity contribution in [1.82, 2.24) is 25.9 Å². The molecule has 1 atom stereocenters. The smallest absolute Gasteiger partial charge is 0.251 e. The van der Waals surface area contributed by atoms with Crippen molar-refractivity contribution in [2.45, 2.75) is 44.2 Å². The van der Waals surface area contributed by atoms with Crippen LogP contribution in [0.5, 0.6) is 0 Å². The summed E-state index contributed by atoms with van der Waals surface area (Å²) >= 11 is 1.36. The molecule has 0 spiro atoms. The molecule has 11 heteroatoms. The van der Waals surface area contributed by atoms with Crippen LogP contribution in [0.4, 0.5) is 5.95 Å². The lowest BCUT2D eigenvalue weighted by atomic mass is 9.97. The summed E-state index contributed by atoms with van der Waals surface area (Å²) in [7, 11) is 0. The van der Waals surface area contributed by atoms with Crippen LogP contribution in [0.2, 0.25) is 0 Å². The molecule has 1 aromatic carbocycles. The van der Waals surface area contributed by atoms with E-state index in [2.05, 4.69) is 25.9 Å². The molecule has 0 aliphatic carbocycles. The zero-order chi connectivity index (χ0) is 24.7. The Morgan fingerprint density at radius 3 is 2.74 bits per heavy atom. The Morgan fingerprint density at radius 1 is 1.21 bits per heavy atom. The van der Waals surface area contributed by atoms with Gasteiger partial charge >= 0.3 is 0 Å². The van der Waals surface area contributed by atoms with Crippen molar-refractivity contribution in [2.24, 2.45) is 0 Å². The zero-order valence-corrected chi connectivity index (χ0v) is 20.1. The van der Waals surface area contributed by atoms with Gasteiger partial charge in [0.05, 0.1) is 12.3 Å². The third kappa shape index (κ3) is 6.67. The Balaban J connectivity index is 1.91. The number of amides is 3. The van der Waals surface area contributed by atoms with Gasteiger partial charge in [-0.1, -0.05) is 6.07 Å². The summed E-state index contributed by atoms with van der Waals surface area (Å²) in [5.41, 5.74) is 9.66. The molecule has 0 unspecified atom stereocenters. The number of thioether (sulfide) groups is 1. The largest absolute Gasteiger partial charge is 0.395 e. The van der Waals surface area contributed by atoms with E-state index in [9.17, 15) is 14.4 Å². The van der Waals surface area contributed by atoms with Gasteiger partial charge in [0.25, 0.3) is 5.91 Å². The highest BCUT2D eigenvalue weighted by Gasteiger charge is 2.21. The van der Waals surface area contributed by atoms with Gasteiger partial charge in [0, 0.05) is 36.4 Å². The summed E-state index contributed by atoms with van der Waals surface area (Å²) in [6.07, 6.45) is 1.01. The Bertz CT molecular complexity index is 1080. The van der Waals surface area contributed by atoms with E-state index in [1.807, 2.05) is 26.0 Å². The molecule has 1 aliphatic heterocycles. The number of carbonyl (C=O) groups excluding carboxylic acids is 3. The number of aromatic nitrogens is 2. The van der Waals surface area contributed by atoms with Crippen LogP contribution < -0.4 is 21.7 Å². The summed E-state index contributed by atoms with van der Waals surface area (Å²) in [6.45, 7) is 4.07. The summed E-state index contributed by atoms with van der Waals surface area (Å²) < 4.78 is 0. The lowest BCUT2D eigenvalue weighted by Crippen LogP contribution is -2.47. The van der Waals surface area contributed by atoms with Gasteiger partial charge in [-0.25, -0.2) is 9.97 Å². The molecule has 182 valence electrons. The monoisotopic (exact) mass is 486 g/mol. The second-order valence-corrected chi connectivity index (χ2v) is 9.18. The third-order valence-electron chi connectivity index (χ3n) is 5.41. The van der Waals surface area contributed by atoms with Crippen LogP contribution in [0, 0.1) is 13.8 Å². The topological polar surface area (TPSA) is 159 Å². The predicted molar refractivity (Wildman–Crippen MR) is 130 cm³/mol. The quantitative estimate of drug-likeness (QED) is 0.401. The van der Waals surface area contributed by atoms with Gasteiger partial charge in [-0.15, -0.1) is 11.8 Å². The van der Waals surface area contributed by atoms with Gasteiger partial charge < -0.3 is 26.8 Å². The minimum absolute atomic E-state index is 0.101. The zero-order valence-electron chi connectivity index (χ0n) is 19.3. The SMILES string of the molecule is Cc1cc(C)c2cc1C(=O)NCCC[C@@H](C(=O)NCCO)NC(=O)CCSc1cc-2nc(N)n1. The van der Waals surface area contributed by atoms with E-state index < -0.39 is 6.04 Å². The number of nitrogens with one attached hydrogen (secondary N) is 3. The van der Waals surface area contributed by atoms with Crippen molar-refractivity contribution in [2.75, 3.05) is 31.2 Å². The maximum absolute atomic E-state index is 12.9. The first kappa shape index (κ1) is 25.4. The van der Waals surface area contributed by atoms with Gasteiger partial charge in [-0.2, -0.15) is 0 Å². The lowest BCUT2D eigenvalue weighted by molar-refractivity contribution is -0.129. The Hall–Kier alpha value is -3.18. The second kappa shape index (κ2) is 11.8. The van der Waals surface area contributed by atoms with E-state index in [0.717, 1.165) is 16.7 Å². The van der Waals surface area contributed by atoms with Crippen LogP contribution in [0.15, 0.2) is 23.2 Å². The van der Waals surface area contributed by atoms with E-state index in [4.69, 9.17) is 10.8 Å². The molecule has 0 saturated heterocycles. The second-order valence-electron chi connectivity index (χ2n) is 8.06. The molecular formula is C23H30N6O4S. The van der Waals surface area contributed by atoms with E-state index in [1.54, 1.807) is 6.07 Å². The summed E-state index contributed by atoms with van der Waals surface area (Å²) in [6, 6.07) is 4.78. The van der Waals surface area contributed by atoms with Gasteiger partial charge in [0.1, 0.15) is 11.1 Å². The van der Waals surface area contributed by atoms with Crippen molar-refractivity contribution < 1.29 is 19.5 Å². The maximum atomic E-state index is 12.9. The summed E-state index contributed by atoms with van der Waals surface area (Å²) in [5, 5.41) is 17.8. The van der Waals surface area contributed by atoms with E-state index >= 15 is 0 Å². The highest BCUT2D eigenvalue weighted by molar-refractivity contribution is 7.99. The maximum Gasteiger partial charge on any atom is 0.251 e. The Kier molecular flexibility index (Phi) is 8.83. The highest BCUT2D eigenvalue weighted by Crippen LogP contribution is 2.29. The fraction of sp³-hybridized carbons (Fsp3) is 0.435. The van der Waals surface area contributed by atoms with E-state index in [-0.39, 0.29) is 43.2 Å². The molecule has 1 aliphatic rings. The number of hydrogen-bond acceptors (Lipinski definition) is 8. The predicted octanol–water partition coefficient (Wildman–Crippen LogP) is 0.942. The molecule has 2 heterocycles. The molecule has 0 radical (unpaired) electrons. The van der Waals surface area contributed by atoms with Crippen molar-refractivity contribution in [3.8, 4) is 11.3 Å². The number of nitrogen functional groups attached to an aromatic ring is 1. The van der Waals surface area contributed by atoms with Gasteiger partial charge in [-0.05, 0) is 49.9 Å². The van der Waals surface area contributed by atoms with Crippen LogP contribution in [0.25, 0.3) is 11.3 Å². The van der Waals surface area contributed by atoms with Gasteiger partial charge in [0.15, 0.2) is 0 Å². The fourth-order valence-electron chi connectivity index (χ4n) is 3.72. The average Bonchev–Trinajstić information content (AvgIpc) is 2.78. The number of rotatable bonds is 3. The molecule has 0 saturated carbocycles. The molecule has 34 heavy (non-hydrogen) atoms. The molecule has 3 rings (SSSR count). The van der Waals surface area contributed by atoms with E-state index in [1.165, 1.54) is 11.8 Å². The first-order valence-corrected chi connectivity index (χ1v) is 12.1. The number of fused-ring (bicyclic) bond motifs is 5. The van der Waals surface area contributed by atoms with Crippen LogP contribution in [-0.2, 0) is 9.59 Å². The number of aryl methyl sites for hydroxylation is 2. The summed E-state index contributed by atoms with van der Waals surface area (Å²) in [5.74, 6) is -0.332. The van der Waals surface area contributed by atoms with Crippen LogP contribution in [0.1, 0.15) is 40.7 Å². The molecular weight excluding hydrogens is 456 g/mol. The Labute approximate surface area is 202 Å². The summed E-state index contributed by atoms with van der Waals surface area (Å²) in [4.78, 5) is 46.5. The normalized spacial score (nSPS) is 17.3. The fourth-order valence-corrected chi connectivity index (χ4v) is 4.57. The molecule has 10 nitrogen and oxygen atoms in total. The first-order chi connectivity index (χ1) is 16.3. The number of nitrogens with two attached hydrogens (primary N) is 1. The number of carbonyl (C=O) groups is 3. The van der Waals surface area contributed by atoms with Crippen molar-refractivity contribution in [3.63, 3.8) is 0 Å².